The molecule has 106 valence electrons. The number of alkyl halides is 6. The zero-order valence-corrected chi connectivity index (χ0v) is 9.37. The second-order valence-corrected chi connectivity index (χ2v) is 3.56. The minimum absolute atomic E-state index is 0.0779. The van der Waals surface area contributed by atoms with Crippen molar-refractivity contribution in [2.45, 2.75) is 12.4 Å². The van der Waals surface area contributed by atoms with Crippen molar-refractivity contribution in [1.29, 1.82) is 0 Å². The van der Waals surface area contributed by atoms with E-state index in [2.05, 4.69) is 19.9 Å². The highest BCUT2D eigenvalue weighted by atomic mass is 19.4. The van der Waals surface area contributed by atoms with Crippen molar-refractivity contribution in [3.8, 4) is 11.3 Å². The number of hydrogen-bond acceptors (Lipinski definition) is 4. The molecular weight excluding hydrogens is 290 g/mol. The number of aromatic nitrogens is 4. The lowest BCUT2D eigenvalue weighted by Gasteiger charge is -2.07. The van der Waals surface area contributed by atoms with Crippen molar-refractivity contribution in [2.75, 3.05) is 0 Å². The molecule has 0 spiro atoms. The maximum absolute atomic E-state index is 12.4. The Bertz CT molecular complexity index is 604. The largest absolute Gasteiger partial charge is 0.451 e. The fraction of sp³-hybridized carbons (Fsp3) is 0.200. The molecule has 0 radical (unpaired) electrons. The van der Waals surface area contributed by atoms with Gasteiger partial charge in [0.25, 0.3) is 0 Å². The molecule has 2 heterocycles. The van der Waals surface area contributed by atoms with E-state index in [4.69, 9.17) is 0 Å². The van der Waals surface area contributed by atoms with Gasteiger partial charge in [0.1, 0.15) is 0 Å². The van der Waals surface area contributed by atoms with Crippen LogP contribution in [0.15, 0.2) is 24.7 Å². The minimum atomic E-state index is -4.75. The molecule has 0 aliphatic heterocycles. The molecule has 0 atom stereocenters. The average molecular weight is 294 g/mol. The van der Waals surface area contributed by atoms with Crippen LogP contribution in [0, 0.1) is 0 Å². The second kappa shape index (κ2) is 4.69. The number of rotatable bonds is 1. The van der Waals surface area contributed by atoms with Crippen molar-refractivity contribution in [1.82, 2.24) is 19.9 Å². The highest BCUT2D eigenvalue weighted by molar-refractivity contribution is 5.56. The van der Waals surface area contributed by atoms with Gasteiger partial charge >= 0.3 is 12.4 Å². The summed E-state index contributed by atoms with van der Waals surface area (Å²) >= 11 is 0. The molecule has 4 nitrogen and oxygen atoms in total. The summed E-state index contributed by atoms with van der Waals surface area (Å²) in [5, 5.41) is 0. The van der Waals surface area contributed by atoms with Crippen LogP contribution in [0.4, 0.5) is 26.3 Å². The Morgan fingerprint density at radius 3 is 1.80 bits per heavy atom. The third-order valence-electron chi connectivity index (χ3n) is 2.11. The van der Waals surface area contributed by atoms with E-state index in [1.54, 1.807) is 0 Å². The molecule has 0 aromatic carbocycles. The number of halogens is 6. The summed E-state index contributed by atoms with van der Waals surface area (Å²) in [7, 11) is 0. The molecule has 0 fully saturated rings. The van der Waals surface area contributed by atoms with Crippen molar-refractivity contribution in [3.63, 3.8) is 0 Å². The van der Waals surface area contributed by atoms with Crippen LogP contribution in [-0.2, 0) is 12.4 Å². The Morgan fingerprint density at radius 1 is 0.750 bits per heavy atom. The highest BCUT2D eigenvalue weighted by Gasteiger charge is 2.35. The van der Waals surface area contributed by atoms with Crippen LogP contribution in [0.3, 0.4) is 0 Å². The summed E-state index contributed by atoms with van der Waals surface area (Å²) in [5.74, 6) is -2.78. The van der Waals surface area contributed by atoms with Gasteiger partial charge in [0, 0.05) is 24.2 Å². The van der Waals surface area contributed by atoms with Crippen molar-refractivity contribution < 1.29 is 26.3 Å². The first-order chi connectivity index (χ1) is 9.18. The van der Waals surface area contributed by atoms with Gasteiger partial charge in [0.05, 0.1) is 5.69 Å². The predicted octanol–water partition coefficient (Wildman–Crippen LogP) is 2.97. The Hall–Kier alpha value is -2.26. The zero-order valence-electron chi connectivity index (χ0n) is 9.37. The van der Waals surface area contributed by atoms with E-state index < -0.39 is 24.0 Å². The normalized spacial score (nSPS) is 12.5. The average Bonchev–Trinajstić information content (AvgIpc) is 2.37. The van der Waals surface area contributed by atoms with Gasteiger partial charge < -0.3 is 0 Å². The monoisotopic (exact) mass is 294 g/mol. The fourth-order valence-electron chi connectivity index (χ4n) is 1.26. The van der Waals surface area contributed by atoms with Crippen molar-refractivity contribution in [2.24, 2.45) is 0 Å². The van der Waals surface area contributed by atoms with E-state index in [0.717, 1.165) is 24.7 Å². The first-order valence-electron chi connectivity index (χ1n) is 4.98. The summed E-state index contributed by atoms with van der Waals surface area (Å²) in [4.78, 5) is 12.3. The van der Waals surface area contributed by atoms with Gasteiger partial charge in [-0.1, -0.05) is 0 Å². The van der Waals surface area contributed by atoms with E-state index in [1.165, 1.54) is 0 Å². The summed E-state index contributed by atoms with van der Waals surface area (Å²) in [5.41, 5.74) is -0.299. The minimum Gasteiger partial charge on any atom is -0.233 e. The van der Waals surface area contributed by atoms with Crippen LogP contribution in [0.5, 0.6) is 0 Å². The van der Waals surface area contributed by atoms with Crippen LogP contribution in [0.25, 0.3) is 11.3 Å². The van der Waals surface area contributed by atoms with E-state index in [-0.39, 0.29) is 11.3 Å². The van der Waals surface area contributed by atoms with Crippen LogP contribution in [0.1, 0.15) is 11.6 Å². The predicted molar refractivity (Wildman–Crippen MR) is 53.1 cm³/mol. The maximum atomic E-state index is 12.4. The van der Waals surface area contributed by atoms with E-state index in [0.29, 0.717) is 0 Å². The third-order valence-corrected chi connectivity index (χ3v) is 2.11. The molecular formula is C10H4F6N4. The molecule has 0 aliphatic rings. The van der Waals surface area contributed by atoms with Crippen LogP contribution < -0.4 is 0 Å². The van der Waals surface area contributed by atoms with Gasteiger partial charge in [-0.2, -0.15) is 26.3 Å². The lowest BCUT2D eigenvalue weighted by atomic mass is 10.2. The first kappa shape index (κ1) is 14.2. The molecule has 0 amide bonds. The van der Waals surface area contributed by atoms with Gasteiger partial charge in [0.15, 0.2) is 0 Å². The Labute approximate surface area is 107 Å². The van der Waals surface area contributed by atoms with Gasteiger partial charge in [0.2, 0.25) is 11.6 Å². The smallest absolute Gasteiger partial charge is 0.233 e. The quantitative estimate of drug-likeness (QED) is 0.759. The molecule has 0 saturated heterocycles. The summed E-state index contributed by atoms with van der Waals surface area (Å²) in [6.07, 6.45) is -7.12. The van der Waals surface area contributed by atoms with Gasteiger partial charge in [-0.3, -0.25) is 0 Å². The highest BCUT2D eigenvalue weighted by Crippen LogP contribution is 2.29. The lowest BCUT2D eigenvalue weighted by Crippen LogP contribution is -2.12. The van der Waals surface area contributed by atoms with E-state index >= 15 is 0 Å². The van der Waals surface area contributed by atoms with Crippen LogP contribution in [0.2, 0.25) is 0 Å². The molecule has 2 aromatic rings. The summed E-state index contributed by atoms with van der Waals surface area (Å²) < 4.78 is 73.9. The molecule has 20 heavy (non-hydrogen) atoms. The molecule has 0 saturated carbocycles. The molecule has 10 heteroatoms. The van der Waals surface area contributed by atoms with Gasteiger partial charge in [-0.05, 0) is 6.07 Å². The van der Waals surface area contributed by atoms with E-state index in [9.17, 15) is 26.3 Å². The molecule has 0 N–H and O–H groups in total. The topological polar surface area (TPSA) is 51.6 Å². The fourth-order valence-corrected chi connectivity index (χ4v) is 1.26. The molecule has 0 unspecified atom stereocenters. The maximum Gasteiger partial charge on any atom is 0.451 e. The van der Waals surface area contributed by atoms with Gasteiger partial charge in [-0.15, -0.1) is 0 Å². The molecule has 0 aliphatic carbocycles. The standard InChI is InChI=1S/C10H4F6N4/c11-9(12,13)7-18-3-5(4-19-7)6-1-2-17-8(20-6)10(14,15)16/h1-4H. The zero-order chi connectivity index (χ0) is 15.0. The third kappa shape index (κ3) is 3.00. The lowest BCUT2D eigenvalue weighted by molar-refractivity contribution is -0.145. The second-order valence-electron chi connectivity index (χ2n) is 3.56. The Morgan fingerprint density at radius 2 is 1.30 bits per heavy atom. The van der Waals surface area contributed by atoms with Crippen molar-refractivity contribution in [3.05, 3.63) is 36.3 Å². The Kier molecular flexibility index (Phi) is 3.32. The first-order valence-corrected chi connectivity index (χ1v) is 4.98. The Balaban J connectivity index is 2.38. The number of nitrogens with zero attached hydrogens (tertiary/aromatic N) is 4. The van der Waals surface area contributed by atoms with Crippen LogP contribution in [-0.4, -0.2) is 19.9 Å². The summed E-state index contributed by atoms with van der Waals surface area (Å²) in [6, 6.07) is 1.11. The molecule has 0 bridgehead atoms. The van der Waals surface area contributed by atoms with Crippen LogP contribution >= 0.6 is 0 Å². The van der Waals surface area contributed by atoms with Crippen molar-refractivity contribution >= 4 is 0 Å². The number of hydrogen-bond donors (Lipinski definition) is 0. The SMILES string of the molecule is FC(F)(F)c1ncc(-c2ccnc(C(F)(F)F)n2)cn1. The van der Waals surface area contributed by atoms with E-state index in [1.807, 2.05) is 0 Å². The van der Waals surface area contributed by atoms with Gasteiger partial charge in [-0.25, -0.2) is 19.9 Å². The molecule has 2 aromatic heterocycles. The molecule has 2 rings (SSSR count). The summed E-state index contributed by atoms with van der Waals surface area (Å²) in [6.45, 7) is 0.